The van der Waals surface area contributed by atoms with Crippen LogP contribution in [0.15, 0.2) is 66.1 Å². The zero-order valence-corrected chi connectivity index (χ0v) is 18.2. The second-order valence-electron chi connectivity index (χ2n) is 7.42. The first kappa shape index (κ1) is 21.1. The Morgan fingerprint density at radius 2 is 1.81 bits per heavy atom. The molecule has 0 bridgehead atoms. The molecule has 1 atom stereocenters. The van der Waals surface area contributed by atoms with Crippen LogP contribution in [0, 0.1) is 18.3 Å². The third kappa shape index (κ3) is 4.79. The molecule has 0 radical (unpaired) electrons. The molecule has 0 unspecified atom stereocenters. The monoisotopic (exact) mass is 432 g/mol. The molecule has 7 nitrogen and oxygen atoms in total. The maximum absolute atomic E-state index is 12.8. The van der Waals surface area contributed by atoms with Gasteiger partial charge in [0.05, 0.1) is 17.5 Å². The molecule has 1 saturated heterocycles. The fourth-order valence-corrected chi connectivity index (χ4v) is 4.60. The molecule has 2 heterocycles. The normalized spacial score (nSPS) is 15.4. The number of carbonyl (C=O) groups excluding carboxylic acids is 1. The predicted molar refractivity (Wildman–Crippen MR) is 120 cm³/mol. The summed E-state index contributed by atoms with van der Waals surface area (Å²) < 4.78 is 1.92. The SMILES string of the molecule is Cc1ccccc1-n1cnnc1SCC(=O)N1CCN([C@H](C#N)c2ccccc2)CC1. The summed E-state index contributed by atoms with van der Waals surface area (Å²) in [4.78, 5) is 16.8. The summed E-state index contributed by atoms with van der Waals surface area (Å²) in [5.41, 5.74) is 3.13. The van der Waals surface area contributed by atoms with Crippen LogP contribution in [0.2, 0.25) is 0 Å². The van der Waals surface area contributed by atoms with Crippen molar-refractivity contribution in [2.45, 2.75) is 18.1 Å². The van der Waals surface area contributed by atoms with E-state index in [1.807, 2.05) is 71.0 Å². The van der Waals surface area contributed by atoms with Crippen molar-refractivity contribution in [2.75, 3.05) is 31.9 Å². The molecule has 158 valence electrons. The summed E-state index contributed by atoms with van der Waals surface area (Å²) in [6.45, 7) is 4.65. The van der Waals surface area contributed by atoms with Crippen molar-refractivity contribution in [1.29, 1.82) is 5.26 Å². The molecule has 0 N–H and O–H groups in total. The number of aryl methyl sites for hydroxylation is 1. The van der Waals surface area contributed by atoms with Crippen molar-refractivity contribution in [2.24, 2.45) is 0 Å². The molecule has 1 aromatic heterocycles. The lowest BCUT2D eigenvalue weighted by atomic mass is 10.1. The number of carbonyl (C=O) groups is 1. The maximum Gasteiger partial charge on any atom is 0.233 e. The number of benzene rings is 2. The van der Waals surface area contributed by atoms with Gasteiger partial charge in [-0.25, -0.2) is 0 Å². The number of hydrogen-bond donors (Lipinski definition) is 0. The summed E-state index contributed by atoms with van der Waals surface area (Å²) in [5, 5.41) is 18.6. The Bertz CT molecular complexity index is 1070. The van der Waals surface area contributed by atoms with Crippen molar-refractivity contribution in [3.05, 3.63) is 72.1 Å². The van der Waals surface area contributed by atoms with Crippen LogP contribution in [-0.4, -0.2) is 62.4 Å². The molecule has 1 aliphatic rings. The van der Waals surface area contributed by atoms with Crippen LogP contribution in [0.1, 0.15) is 17.2 Å². The van der Waals surface area contributed by atoms with E-state index in [0.29, 0.717) is 37.1 Å². The van der Waals surface area contributed by atoms with Gasteiger partial charge in [-0.1, -0.05) is 60.3 Å². The summed E-state index contributed by atoms with van der Waals surface area (Å²) >= 11 is 1.40. The minimum absolute atomic E-state index is 0.0807. The van der Waals surface area contributed by atoms with E-state index in [2.05, 4.69) is 21.2 Å². The summed E-state index contributed by atoms with van der Waals surface area (Å²) in [6, 6.07) is 20.0. The Balaban J connectivity index is 1.33. The Hall–Kier alpha value is -3.15. The van der Waals surface area contributed by atoms with Crippen molar-refractivity contribution in [3.8, 4) is 11.8 Å². The summed E-state index contributed by atoms with van der Waals surface area (Å²) in [7, 11) is 0. The Kier molecular flexibility index (Phi) is 6.65. The lowest BCUT2D eigenvalue weighted by Crippen LogP contribution is -2.50. The largest absolute Gasteiger partial charge is 0.339 e. The van der Waals surface area contributed by atoms with Gasteiger partial charge in [0.15, 0.2) is 5.16 Å². The molecular weight excluding hydrogens is 408 g/mol. The van der Waals surface area contributed by atoms with Crippen LogP contribution < -0.4 is 0 Å². The molecular formula is C23H24N6OS. The lowest BCUT2D eigenvalue weighted by molar-refractivity contribution is -0.130. The maximum atomic E-state index is 12.8. The first-order valence-electron chi connectivity index (χ1n) is 10.2. The number of piperazine rings is 1. The van der Waals surface area contributed by atoms with Gasteiger partial charge in [-0.05, 0) is 24.1 Å². The van der Waals surface area contributed by atoms with E-state index in [0.717, 1.165) is 16.8 Å². The first-order chi connectivity index (χ1) is 15.2. The Morgan fingerprint density at radius 3 is 2.52 bits per heavy atom. The fourth-order valence-electron chi connectivity index (χ4n) is 3.77. The van der Waals surface area contributed by atoms with Gasteiger partial charge in [0.2, 0.25) is 5.91 Å². The van der Waals surface area contributed by atoms with E-state index >= 15 is 0 Å². The van der Waals surface area contributed by atoms with Gasteiger partial charge >= 0.3 is 0 Å². The Morgan fingerprint density at radius 1 is 1.10 bits per heavy atom. The van der Waals surface area contributed by atoms with Crippen LogP contribution in [0.5, 0.6) is 0 Å². The number of nitriles is 1. The van der Waals surface area contributed by atoms with Crippen LogP contribution in [0.3, 0.4) is 0 Å². The summed E-state index contributed by atoms with van der Waals surface area (Å²) in [5.74, 6) is 0.391. The van der Waals surface area contributed by atoms with Crippen LogP contribution in [0.25, 0.3) is 5.69 Å². The van der Waals surface area contributed by atoms with Crippen molar-refractivity contribution < 1.29 is 4.79 Å². The van der Waals surface area contributed by atoms with Gasteiger partial charge < -0.3 is 4.90 Å². The van der Waals surface area contributed by atoms with E-state index in [-0.39, 0.29) is 11.9 Å². The zero-order valence-electron chi connectivity index (χ0n) is 17.4. The minimum atomic E-state index is -0.277. The Labute approximate surface area is 186 Å². The number of nitrogens with zero attached hydrogens (tertiary/aromatic N) is 6. The predicted octanol–water partition coefficient (Wildman–Crippen LogP) is 3.08. The second kappa shape index (κ2) is 9.77. The van der Waals surface area contributed by atoms with Crippen LogP contribution in [0.4, 0.5) is 0 Å². The highest BCUT2D eigenvalue weighted by atomic mass is 32.2. The quantitative estimate of drug-likeness (QED) is 0.557. The van der Waals surface area contributed by atoms with Gasteiger partial charge in [0.1, 0.15) is 12.4 Å². The number of aromatic nitrogens is 3. The van der Waals surface area contributed by atoms with Gasteiger partial charge in [-0.15, -0.1) is 10.2 Å². The van der Waals surface area contributed by atoms with Gasteiger partial charge in [-0.3, -0.25) is 14.3 Å². The average molecular weight is 433 g/mol. The third-order valence-electron chi connectivity index (χ3n) is 5.49. The van der Waals surface area contributed by atoms with Crippen molar-refractivity contribution in [1.82, 2.24) is 24.6 Å². The lowest BCUT2D eigenvalue weighted by Gasteiger charge is -2.37. The average Bonchev–Trinajstić information content (AvgIpc) is 3.28. The molecule has 1 aliphatic heterocycles. The van der Waals surface area contributed by atoms with Gasteiger partial charge in [-0.2, -0.15) is 5.26 Å². The smallest absolute Gasteiger partial charge is 0.233 e. The van der Waals surface area contributed by atoms with Crippen molar-refractivity contribution in [3.63, 3.8) is 0 Å². The molecule has 0 spiro atoms. The standard InChI is InChI=1S/C23H24N6OS/c1-18-7-5-6-10-20(18)29-17-25-26-23(29)31-16-22(30)28-13-11-27(12-14-28)21(15-24)19-8-3-2-4-9-19/h2-10,17,21H,11-14,16H2,1H3/t21-/m1/s1. The molecule has 1 amide bonds. The summed E-state index contributed by atoms with van der Waals surface area (Å²) in [6.07, 6.45) is 1.68. The van der Waals surface area contributed by atoms with E-state index in [4.69, 9.17) is 0 Å². The molecule has 8 heteroatoms. The number of rotatable bonds is 6. The van der Waals surface area contributed by atoms with E-state index in [1.54, 1.807) is 6.33 Å². The molecule has 4 rings (SSSR count). The molecule has 0 saturated carbocycles. The highest BCUT2D eigenvalue weighted by molar-refractivity contribution is 7.99. The molecule has 2 aromatic carbocycles. The molecule has 3 aromatic rings. The minimum Gasteiger partial charge on any atom is -0.339 e. The zero-order chi connectivity index (χ0) is 21.6. The van der Waals surface area contributed by atoms with Crippen LogP contribution in [-0.2, 0) is 4.79 Å². The number of thioether (sulfide) groups is 1. The van der Waals surface area contributed by atoms with Crippen LogP contribution >= 0.6 is 11.8 Å². The van der Waals surface area contributed by atoms with E-state index in [1.165, 1.54) is 11.8 Å². The molecule has 1 fully saturated rings. The van der Waals surface area contributed by atoms with Gasteiger partial charge in [0.25, 0.3) is 0 Å². The second-order valence-corrected chi connectivity index (χ2v) is 8.36. The first-order valence-corrected chi connectivity index (χ1v) is 11.2. The number of para-hydroxylation sites is 1. The third-order valence-corrected chi connectivity index (χ3v) is 6.41. The number of amides is 1. The molecule has 0 aliphatic carbocycles. The van der Waals surface area contributed by atoms with E-state index < -0.39 is 0 Å². The fraction of sp³-hybridized carbons (Fsp3) is 0.304. The van der Waals surface area contributed by atoms with Gasteiger partial charge in [0, 0.05) is 26.2 Å². The van der Waals surface area contributed by atoms with Crippen molar-refractivity contribution >= 4 is 17.7 Å². The molecule has 31 heavy (non-hydrogen) atoms. The topological polar surface area (TPSA) is 78.1 Å². The highest BCUT2D eigenvalue weighted by Gasteiger charge is 2.27. The number of hydrogen-bond acceptors (Lipinski definition) is 6. The highest BCUT2D eigenvalue weighted by Crippen LogP contribution is 2.24. The van der Waals surface area contributed by atoms with E-state index in [9.17, 15) is 10.1 Å².